The first-order valence-corrected chi connectivity index (χ1v) is 5.40. The molecule has 0 spiro atoms. The SMILES string of the molecule is Fc1ccc(CNC2CCOCC2)cc1. The van der Waals surface area contributed by atoms with Crippen molar-refractivity contribution in [2.24, 2.45) is 0 Å². The van der Waals surface area contributed by atoms with Gasteiger partial charge in [-0.15, -0.1) is 0 Å². The highest BCUT2D eigenvalue weighted by Crippen LogP contribution is 2.08. The van der Waals surface area contributed by atoms with Crippen molar-refractivity contribution in [3.63, 3.8) is 0 Å². The Hall–Kier alpha value is -0.930. The van der Waals surface area contributed by atoms with Crippen LogP contribution in [0.5, 0.6) is 0 Å². The summed E-state index contributed by atoms with van der Waals surface area (Å²) in [6.07, 6.45) is 2.14. The number of hydrogen-bond acceptors (Lipinski definition) is 2. The standard InChI is InChI=1S/C12H16FNO/c13-11-3-1-10(2-4-11)9-14-12-5-7-15-8-6-12/h1-4,12,14H,5-9H2. The van der Waals surface area contributed by atoms with Gasteiger partial charge in [0.1, 0.15) is 5.82 Å². The van der Waals surface area contributed by atoms with E-state index in [1.54, 1.807) is 0 Å². The fraction of sp³-hybridized carbons (Fsp3) is 0.500. The maximum Gasteiger partial charge on any atom is 0.123 e. The molecule has 1 saturated heterocycles. The van der Waals surface area contributed by atoms with Gasteiger partial charge in [0.2, 0.25) is 0 Å². The topological polar surface area (TPSA) is 21.3 Å². The molecule has 3 heteroatoms. The van der Waals surface area contributed by atoms with E-state index in [0.29, 0.717) is 6.04 Å². The molecule has 1 heterocycles. The van der Waals surface area contributed by atoms with Crippen LogP contribution in [0.1, 0.15) is 18.4 Å². The molecule has 0 radical (unpaired) electrons. The van der Waals surface area contributed by atoms with Crippen molar-refractivity contribution in [1.82, 2.24) is 5.32 Å². The van der Waals surface area contributed by atoms with Crippen LogP contribution in [0.25, 0.3) is 0 Å². The second kappa shape index (κ2) is 5.24. The van der Waals surface area contributed by atoms with Crippen molar-refractivity contribution in [2.75, 3.05) is 13.2 Å². The van der Waals surface area contributed by atoms with Gasteiger partial charge in [-0.2, -0.15) is 0 Å². The minimum atomic E-state index is -0.176. The molecule has 0 aromatic heterocycles. The summed E-state index contributed by atoms with van der Waals surface area (Å²) in [4.78, 5) is 0. The van der Waals surface area contributed by atoms with Gasteiger partial charge in [0.25, 0.3) is 0 Å². The molecule has 0 saturated carbocycles. The summed E-state index contributed by atoms with van der Waals surface area (Å²) in [7, 11) is 0. The first-order valence-electron chi connectivity index (χ1n) is 5.40. The normalized spacial score (nSPS) is 17.9. The smallest absolute Gasteiger partial charge is 0.123 e. The molecule has 0 aliphatic carbocycles. The number of halogens is 1. The highest BCUT2D eigenvalue weighted by molar-refractivity contribution is 5.15. The molecule has 82 valence electrons. The second-order valence-electron chi connectivity index (χ2n) is 3.89. The van der Waals surface area contributed by atoms with Gasteiger partial charge in [-0.3, -0.25) is 0 Å². The van der Waals surface area contributed by atoms with Crippen molar-refractivity contribution < 1.29 is 9.13 Å². The Kier molecular flexibility index (Phi) is 3.69. The van der Waals surface area contributed by atoms with Crippen LogP contribution < -0.4 is 5.32 Å². The molecule has 1 aliphatic heterocycles. The average molecular weight is 209 g/mol. The summed E-state index contributed by atoms with van der Waals surface area (Å²) in [5.41, 5.74) is 1.13. The monoisotopic (exact) mass is 209 g/mol. The van der Waals surface area contributed by atoms with Crippen LogP contribution >= 0.6 is 0 Å². The van der Waals surface area contributed by atoms with E-state index in [9.17, 15) is 4.39 Å². The summed E-state index contributed by atoms with van der Waals surface area (Å²) in [5.74, 6) is -0.176. The first-order chi connectivity index (χ1) is 7.34. The third-order valence-electron chi connectivity index (χ3n) is 2.73. The summed E-state index contributed by atoms with van der Waals surface area (Å²) in [5, 5.41) is 3.45. The highest BCUT2D eigenvalue weighted by atomic mass is 19.1. The number of ether oxygens (including phenoxy) is 1. The van der Waals surface area contributed by atoms with Gasteiger partial charge in [-0.1, -0.05) is 12.1 Å². The molecule has 0 unspecified atom stereocenters. The molecular formula is C12H16FNO. The second-order valence-corrected chi connectivity index (χ2v) is 3.89. The zero-order valence-electron chi connectivity index (χ0n) is 8.71. The number of nitrogens with one attached hydrogen (secondary N) is 1. The number of rotatable bonds is 3. The molecule has 2 nitrogen and oxygen atoms in total. The van der Waals surface area contributed by atoms with E-state index < -0.39 is 0 Å². The van der Waals surface area contributed by atoms with Crippen LogP contribution in [0.4, 0.5) is 4.39 Å². The zero-order chi connectivity index (χ0) is 10.5. The minimum absolute atomic E-state index is 0.176. The quantitative estimate of drug-likeness (QED) is 0.823. The molecule has 15 heavy (non-hydrogen) atoms. The predicted octanol–water partition coefficient (Wildman–Crippen LogP) is 2.09. The Morgan fingerprint density at radius 1 is 1.20 bits per heavy atom. The summed E-state index contributed by atoms with van der Waals surface area (Å²) < 4.78 is 17.9. The van der Waals surface area contributed by atoms with Crippen molar-refractivity contribution >= 4 is 0 Å². The summed E-state index contributed by atoms with van der Waals surface area (Å²) in [6.45, 7) is 2.51. The Morgan fingerprint density at radius 2 is 1.87 bits per heavy atom. The summed E-state index contributed by atoms with van der Waals surface area (Å²) in [6, 6.07) is 7.19. The number of benzene rings is 1. The molecule has 2 rings (SSSR count). The Morgan fingerprint density at radius 3 is 2.53 bits per heavy atom. The lowest BCUT2D eigenvalue weighted by molar-refractivity contribution is 0.0776. The zero-order valence-corrected chi connectivity index (χ0v) is 8.71. The molecule has 0 bridgehead atoms. The Labute approximate surface area is 89.4 Å². The molecule has 1 aromatic carbocycles. The number of hydrogen-bond donors (Lipinski definition) is 1. The molecule has 1 fully saturated rings. The molecule has 0 atom stereocenters. The lowest BCUT2D eigenvalue weighted by Gasteiger charge is -2.23. The van der Waals surface area contributed by atoms with E-state index in [4.69, 9.17) is 4.74 Å². The maximum absolute atomic E-state index is 12.6. The van der Waals surface area contributed by atoms with Crippen LogP contribution in [-0.2, 0) is 11.3 Å². The van der Waals surface area contributed by atoms with Crippen LogP contribution in [0, 0.1) is 5.82 Å². The molecule has 1 N–H and O–H groups in total. The Balaban J connectivity index is 1.79. The van der Waals surface area contributed by atoms with E-state index in [1.807, 2.05) is 12.1 Å². The minimum Gasteiger partial charge on any atom is -0.381 e. The highest BCUT2D eigenvalue weighted by Gasteiger charge is 2.12. The fourth-order valence-electron chi connectivity index (χ4n) is 1.77. The van der Waals surface area contributed by atoms with Gasteiger partial charge in [-0.05, 0) is 30.5 Å². The molecule has 1 aliphatic rings. The van der Waals surface area contributed by atoms with Crippen LogP contribution in [0.2, 0.25) is 0 Å². The van der Waals surface area contributed by atoms with Gasteiger partial charge < -0.3 is 10.1 Å². The average Bonchev–Trinajstić information content (AvgIpc) is 2.30. The van der Waals surface area contributed by atoms with E-state index in [1.165, 1.54) is 12.1 Å². The van der Waals surface area contributed by atoms with Crippen molar-refractivity contribution in [2.45, 2.75) is 25.4 Å². The van der Waals surface area contributed by atoms with Crippen molar-refractivity contribution in [3.05, 3.63) is 35.6 Å². The third-order valence-corrected chi connectivity index (χ3v) is 2.73. The van der Waals surface area contributed by atoms with Crippen molar-refractivity contribution in [3.8, 4) is 0 Å². The van der Waals surface area contributed by atoms with E-state index >= 15 is 0 Å². The lowest BCUT2D eigenvalue weighted by atomic mass is 10.1. The van der Waals surface area contributed by atoms with E-state index in [2.05, 4.69) is 5.32 Å². The molecule has 1 aromatic rings. The lowest BCUT2D eigenvalue weighted by Crippen LogP contribution is -2.34. The van der Waals surface area contributed by atoms with Gasteiger partial charge in [0, 0.05) is 25.8 Å². The summed E-state index contributed by atoms with van der Waals surface area (Å²) >= 11 is 0. The van der Waals surface area contributed by atoms with Crippen LogP contribution in [0.3, 0.4) is 0 Å². The van der Waals surface area contributed by atoms with Gasteiger partial charge in [0.15, 0.2) is 0 Å². The maximum atomic E-state index is 12.6. The Bertz CT molecular complexity index is 293. The van der Waals surface area contributed by atoms with Gasteiger partial charge in [0.05, 0.1) is 0 Å². The molecule has 0 amide bonds. The van der Waals surface area contributed by atoms with Gasteiger partial charge in [-0.25, -0.2) is 4.39 Å². The van der Waals surface area contributed by atoms with E-state index in [0.717, 1.165) is 38.2 Å². The van der Waals surface area contributed by atoms with Crippen LogP contribution in [-0.4, -0.2) is 19.3 Å². The molecular weight excluding hydrogens is 193 g/mol. The third kappa shape index (κ3) is 3.29. The predicted molar refractivity (Wildman–Crippen MR) is 57.1 cm³/mol. The largest absolute Gasteiger partial charge is 0.381 e. The first kappa shape index (κ1) is 10.6. The van der Waals surface area contributed by atoms with E-state index in [-0.39, 0.29) is 5.82 Å². The van der Waals surface area contributed by atoms with Crippen molar-refractivity contribution in [1.29, 1.82) is 0 Å². The fourth-order valence-corrected chi connectivity index (χ4v) is 1.77. The van der Waals surface area contributed by atoms with Crippen LogP contribution in [0.15, 0.2) is 24.3 Å². The van der Waals surface area contributed by atoms with Gasteiger partial charge >= 0.3 is 0 Å².